The summed E-state index contributed by atoms with van der Waals surface area (Å²) < 4.78 is 7.83. The van der Waals surface area contributed by atoms with E-state index < -0.39 is 0 Å². The van der Waals surface area contributed by atoms with Gasteiger partial charge < -0.3 is 14.5 Å². The van der Waals surface area contributed by atoms with Gasteiger partial charge in [0.25, 0.3) is 0 Å². The molecule has 0 radical (unpaired) electrons. The lowest BCUT2D eigenvalue weighted by atomic mass is 9.94. The minimum Gasteiger partial charge on any atom is -0.377 e. The Bertz CT molecular complexity index is 592. The van der Waals surface area contributed by atoms with Gasteiger partial charge in [-0.3, -0.25) is 0 Å². The Balaban J connectivity index is 1.84. The first-order chi connectivity index (χ1) is 9.10. The van der Waals surface area contributed by atoms with Crippen molar-refractivity contribution in [2.45, 2.75) is 45.4 Å². The fourth-order valence-corrected chi connectivity index (χ4v) is 2.73. The zero-order valence-corrected chi connectivity index (χ0v) is 11.8. The Hall–Kier alpha value is -1.39. The first-order valence-electron chi connectivity index (χ1n) is 6.89. The number of aromatic nitrogens is 2. The number of hydrogen-bond donors (Lipinski definition) is 1. The minimum atomic E-state index is 0.0609. The van der Waals surface area contributed by atoms with Gasteiger partial charge in [-0.2, -0.15) is 0 Å². The van der Waals surface area contributed by atoms with Crippen LogP contribution < -0.4 is 5.32 Å². The van der Waals surface area contributed by atoms with E-state index >= 15 is 0 Å². The van der Waals surface area contributed by atoms with E-state index in [1.54, 1.807) is 0 Å². The zero-order chi connectivity index (χ0) is 13.5. The number of pyridine rings is 1. The second kappa shape index (κ2) is 4.62. The molecule has 0 spiro atoms. The van der Waals surface area contributed by atoms with Crippen molar-refractivity contribution in [1.29, 1.82) is 0 Å². The highest BCUT2D eigenvalue weighted by Crippen LogP contribution is 2.25. The minimum absolute atomic E-state index is 0.0609. The molecule has 4 nitrogen and oxygen atoms in total. The average Bonchev–Trinajstić information content (AvgIpc) is 2.88. The number of fused-ring (bicyclic) bond motifs is 1. The lowest BCUT2D eigenvalue weighted by molar-refractivity contribution is 0.0880. The van der Waals surface area contributed by atoms with Crippen LogP contribution in [-0.2, 0) is 11.3 Å². The van der Waals surface area contributed by atoms with Crippen LogP contribution in [0, 0.1) is 6.92 Å². The lowest BCUT2D eigenvalue weighted by Crippen LogP contribution is -2.47. The van der Waals surface area contributed by atoms with Gasteiger partial charge in [-0.05, 0) is 39.3 Å². The molecular formula is C15H21N3O. The van der Waals surface area contributed by atoms with Gasteiger partial charge in [0, 0.05) is 24.9 Å². The standard InChI is InChI=1S/C15H21N3O/c1-11-13(18-8-5-4-6-14(18)17-11)10-16-15(3)7-9-19-12(15)2/h4-6,8,12,16H,7,9-10H2,1-3H3. The van der Waals surface area contributed by atoms with E-state index in [9.17, 15) is 0 Å². The van der Waals surface area contributed by atoms with Crippen LogP contribution in [0.3, 0.4) is 0 Å². The summed E-state index contributed by atoms with van der Waals surface area (Å²) in [5.74, 6) is 0. The summed E-state index contributed by atoms with van der Waals surface area (Å²) in [6.07, 6.45) is 3.39. The average molecular weight is 259 g/mol. The third-order valence-electron chi connectivity index (χ3n) is 4.38. The van der Waals surface area contributed by atoms with Crippen molar-refractivity contribution in [3.8, 4) is 0 Å². The van der Waals surface area contributed by atoms with Crippen LogP contribution in [0.2, 0.25) is 0 Å². The Morgan fingerprint density at radius 3 is 3.11 bits per heavy atom. The number of imidazole rings is 1. The molecule has 0 saturated carbocycles. The molecule has 4 heteroatoms. The molecule has 19 heavy (non-hydrogen) atoms. The first kappa shape index (κ1) is 12.6. The molecule has 1 aliphatic heterocycles. The van der Waals surface area contributed by atoms with Crippen molar-refractivity contribution in [2.75, 3.05) is 6.61 Å². The lowest BCUT2D eigenvalue weighted by Gasteiger charge is -2.29. The van der Waals surface area contributed by atoms with E-state index in [-0.39, 0.29) is 11.6 Å². The van der Waals surface area contributed by atoms with Crippen LogP contribution in [-0.4, -0.2) is 27.6 Å². The van der Waals surface area contributed by atoms with Crippen molar-refractivity contribution in [2.24, 2.45) is 0 Å². The molecule has 0 aromatic carbocycles. The number of nitrogens with zero attached hydrogens (tertiary/aromatic N) is 2. The third-order valence-corrected chi connectivity index (χ3v) is 4.38. The predicted molar refractivity (Wildman–Crippen MR) is 75.2 cm³/mol. The Morgan fingerprint density at radius 2 is 2.37 bits per heavy atom. The van der Waals surface area contributed by atoms with E-state index in [0.29, 0.717) is 0 Å². The van der Waals surface area contributed by atoms with Gasteiger partial charge in [-0.25, -0.2) is 4.98 Å². The summed E-state index contributed by atoms with van der Waals surface area (Å²) in [5.41, 5.74) is 3.40. The van der Waals surface area contributed by atoms with E-state index in [4.69, 9.17) is 4.74 Å². The Kier molecular flexibility index (Phi) is 3.07. The van der Waals surface area contributed by atoms with E-state index in [2.05, 4.69) is 41.7 Å². The van der Waals surface area contributed by atoms with Gasteiger partial charge in [0.05, 0.1) is 17.5 Å². The van der Waals surface area contributed by atoms with Crippen LogP contribution in [0.4, 0.5) is 0 Å². The van der Waals surface area contributed by atoms with Crippen molar-refractivity contribution in [1.82, 2.24) is 14.7 Å². The second-order valence-corrected chi connectivity index (χ2v) is 5.61. The molecule has 1 aliphatic rings. The molecule has 3 rings (SSSR count). The molecule has 102 valence electrons. The molecule has 2 aromatic rings. The fraction of sp³-hybridized carbons (Fsp3) is 0.533. The molecule has 3 heterocycles. The molecule has 0 bridgehead atoms. The van der Waals surface area contributed by atoms with Crippen molar-refractivity contribution < 1.29 is 4.74 Å². The summed E-state index contributed by atoms with van der Waals surface area (Å²) in [7, 11) is 0. The number of aryl methyl sites for hydroxylation is 1. The summed E-state index contributed by atoms with van der Waals surface area (Å²) in [6, 6.07) is 6.10. The van der Waals surface area contributed by atoms with Gasteiger partial charge >= 0.3 is 0 Å². The molecular weight excluding hydrogens is 238 g/mol. The summed E-state index contributed by atoms with van der Waals surface area (Å²) in [5, 5.41) is 3.66. The SMILES string of the molecule is Cc1nc2ccccn2c1CNC1(C)CCOC1C. The van der Waals surface area contributed by atoms with Gasteiger partial charge in [0.2, 0.25) is 0 Å². The van der Waals surface area contributed by atoms with Crippen molar-refractivity contribution >= 4 is 5.65 Å². The molecule has 1 saturated heterocycles. The number of hydrogen-bond acceptors (Lipinski definition) is 3. The molecule has 1 N–H and O–H groups in total. The summed E-state index contributed by atoms with van der Waals surface area (Å²) >= 11 is 0. The molecule has 1 fully saturated rings. The molecule has 0 amide bonds. The monoisotopic (exact) mass is 259 g/mol. The van der Waals surface area contributed by atoms with Crippen molar-refractivity contribution in [3.05, 3.63) is 35.8 Å². The Labute approximate surface area is 113 Å². The largest absolute Gasteiger partial charge is 0.377 e. The molecule has 2 unspecified atom stereocenters. The summed E-state index contributed by atoms with van der Waals surface area (Å²) in [6.45, 7) is 8.11. The van der Waals surface area contributed by atoms with Gasteiger partial charge in [-0.1, -0.05) is 6.07 Å². The van der Waals surface area contributed by atoms with E-state index in [1.165, 1.54) is 5.69 Å². The van der Waals surface area contributed by atoms with Gasteiger partial charge in [-0.15, -0.1) is 0 Å². The second-order valence-electron chi connectivity index (χ2n) is 5.61. The number of nitrogens with one attached hydrogen (secondary N) is 1. The normalized spacial score (nSPS) is 27.2. The molecule has 2 atom stereocenters. The van der Waals surface area contributed by atoms with Crippen LogP contribution in [0.15, 0.2) is 24.4 Å². The highest BCUT2D eigenvalue weighted by atomic mass is 16.5. The zero-order valence-electron chi connectivity index (χ0n) is 11.8. The van der Waals surface area contributed by atoms with Crippen LogP contribution in [0.1, 0.15) is 31.7 Å². The van der Waals surface area contributed by atoms with Gasteiger partial charge in [0.15, 0.2) is 0 Å². The van der Waals surface area contributed by atoms with Crippen LogP contribution in [0.5, 0.6) is 0 Å². The predicted octanol–water partition coefficient (Wildman–Crippen LogP) is 2.30. The highest BCUT2D eigenvalue weighted by molar-refractivity contribution is 5.42. The van der Waals surface area contributed by atoms with Crippen LogP contribution >= 0.6 is 0 Å². The van der Waals surface area contributed by atoms with Crippen LogP contribution in [0.25, 0.3) is 5.65 Å². The molecule has 0 aliphatic carbocycles. The van der Waals surface area contributed by atoms with Crippen molar-refractivity contribution in [3.63, 3.8) is 0 Å². The maximum Gasteiger partial charge on any atom is 0.137 e. The van der Waals surface area contributed by atoms with E-state index in [0.717, 1.165) is 30.9 Å². The molecule has 2 aromatic heterocycles. The summed E-state index contributed by atoms with van der Waals surface area (Å²) in [4.78, 5) is 4.59. The van der Waals surface area contributed by atoms with E-state index in [1.807, 2.05) is 18.2 Å². The quantitative estimate of drug-likeness (QED) is 0.919. The topological polar surface area (TPSA) is 38.6 Å². The maximum absolute atomic E-state index is 5.67. The number of ether oxygens (including phenoxy) is 1. The Morgan fingerprint density at radius 1 is 1.53 bits per heavy atom. The highest BCUT2D eigenvalue weighted by Gasteiger charge is 2.36. The maximum atomic E-state index is 5.67. The smallest absolute Gasteiger partial charge is 0.137 e. The number of rotatable bonds is 3. The first-order valence-corrected chi connectivity index (χ1v) is 6.89. The fourth-order valence-electron chi connectivity index (χ4n) is 2.73. The third kappa shape index (κ3) is 2.15. The van der Waals surface area contributed by atoms with Gasteiger partial charge in [0.1, 0.15) is 5.65 Å².